The summed E-state index contributed by atoms with van der Waals surface area (Å²) in [5.41, 5.74) is -1.55. The van der Waals surface area contributed by atoms with E-state index in [1.807, 2.05) is 7.05 Å². The number of carbonyl (C=O) groups is 1. The number of unbranched alkanes of at least 4 members (excludes halogenated alkanes) is 1. The topological polar surface area (TPSA) is 73.8 Å². The summed E-state index contributed by atoms with van der Waals surface area (Å²) < 4.78 is 34.0. The van der Waals surface area contributed by atoms with Gasteiger partial charge in [-0.15, -0.1) is 0 Å². The Balaban J connectivity index is 2.22. The van der Waals surface area contributed by atoms with Gasteiger partial charge in [0.05, 0.1) is 5.60 Å². The van der Waals surface area contributed by atoms with Crippen LogP contribution in [0.5, 0.6) is 0 Å². The van der Waals surface area contributed by atoms with Crippen LogP contribution < -0.4 is 10.6 Å². The Labute approximate surface area is 203 Å². The van der Waals surface area contributed by atoms with Gasteiger partial charge in [0.15, 0.2) is 11.6 Å². The van der Waals surface area contributed by atoms with Crippen LogP contribution in [0, 0.1) is 23.0 Å². The van der Waals surface area contributed by atoms with Crippen LogP contribution in [0.1, 0.15) is 64.9 Å². The van der Waals surface area contributed by atoms with E-state index in [0.717, 1.165) is 12.5 Å². The van der Waals surface area contributed by atoms with Crippen molar-refractivity contribution >= 4 is 6.03 Å². The van der Waals surface area contributed by atoms with Crippen molar-refractivity contribution < 1.29 is 23.4 Å². The molecule has 1 aromatic carbocycles. The number of urea groups is 1. The summed E-state index contributed by atoms with van der Waals surface area (Å²) in [5, 5.41) is 18.1. The van der Waals surface area contributed by atoms with Crippen LogP contribution in [0.15, 0.2) is 18.2 Å². The zero-order chi connectivity index (χ0) is 25.4. The Morgan fingerprint density at radius 3 is 2.68 bits per heavy atom. The number of hydrogen-bond donors (Lipinski definition) is 3. The third kappa shape index (κ3) is 7.89. The second-order valence-corrected chi connectivity index (χ2v) is 10.7. The monoisotopic (exact) mass is 483 g/mol. The lowest BCUT2D eigenvalue weighted by atomic mass is 9.74. The molecule has 6 nitrogen and oxygen atoms in total. The van der Waals surface area contributed by atoms with Gasteiger partial charge in [0.1, 0.15) is 0 Å². The maximum absolute atomic E-state index is 14.8. The summed E-state index contributed by atoms with van der Waals surface area (Å²) in [7, 11) is 3.47. The molecule has 1 saturated heterocycles. The fourth-order valence-corrected chi connectivity index (χ4v) is 5.01. The van der Waals surface area contributed by atoms with E-state index in [9.17, 15) is 18.7 Å². The van der Waals surface area contributed by atoms with E-state index in [-0.39, 0.29) is 36.0 Å². The molecule has 0 saturated carbocycles. The minimum atomic E-state index is -1.57. The van der Waals surface area contributed by atoms with E-state index in [2.05, 4.69) is 31.4 Å². The van der Waals surface area contributed by atoms with Gasteiger partial charge in [0.25, 0.3) is 0 Å². The average molecular weight is 484 g/mol. The fraction of sp³-hybridized carbons (Fsp3) is 0.731. The molecule has 1 heterocycles. The van der Waals surface area contributed by atoms with E-state index < -0.39 is 23.2 Å². The Morgan fingerprint density at radius 2 is 2.03 bits per heavy atom. The van der Waals surface area contributed by atoms with Crippen LogP contribution in [-0.4, -0.2) is 62.5 Å². The number of piperidine rings is 1. The van der Waals surface area contributed by atoms with Crippen molar-refractivity contribution in [1.82, 2.24) is 15.5 Å². The highest BCUT2D eigenvalue weighted by atomic mass is 19.2. The normalized spacial score (nSPS) is 19.5. The molecule has 194 valence electrons. The molecule has 1 aromatic rings. The summed E-state index contributed by atoms with van der Waals surface area (Å²) in [5.74, 6) is -2.40. The van der Waals surface area contributed by atoms with Gasteiger partial charge in [-0.1, -0.05) is 32.9 Å². The first-order valence-electron chi connectivity index (χ1n) is 12.4. The maximum Gasteiger partial charge on any atom is 0.317 e. The Bertz CT molecular complexity index is 787. The van der Waals surface area contributed by atoms with Crippen molar-refractivity contribution in [2.75, 3.05) is 40.4 Å². The van der Waals surface area contributed by atoms with Crippen molar-refractivity contribution in [1.29, 1.82) is 0 Å². The second kappa shape index (κ2) is 12.8. The lowest BCUT2D eigenvalue weighted by Gasteiger charge is -2.43. The highest BCUT2D eigenvalue weighted by Crippen LogP contribution is 2.41. The van der Waals surface area contributed by atoms with E-state index >= 15 is 0 Å². The van der Waals surface area contributed by atoms with Gasteiger partial charge in [0, 0.05) is 50.9 Å². The van der Waals surface area contributed by atoms with Crippen LogP contribution in [0.2, 0.25) is 0 Å². The lowest BCUT2D eigenvalue weighted by Crippen LogP contribution is -2.54. The second-order valence-electron chi connectivity index (χ2n) is 10.7. The quantitative estimate of drug-likeness (QED) is 0.408. The van der Waals surface area contributed by atoms with E-state index in [0.29, 0.717) is 45.4 Å². The van der Waals surface area contributed by atoms with Gasteiger partial charge in [-0.05, 0) is 57.1 Å². The summed E-state index contributed by atoms with van der Waals surface area (Å²) in [6.45, 7) is 8.43. The minimum absolute atomic E-state index is 0.0297. The number of likely N-dealkylation sites (tertiary alicyclic amines) is 1. The van der Waals surface area contributed by atoms with E-state index in [1.54, 1.807) is 12.0 Å². The summed E-state index contributed by atoms with van der Waals surface area (Å²) in [6.07, 6.45) is 3.69. The largest absolute Gasteiger partial charge is 0.385 e. The van der Waals surface area contributed by atoms with Gasteiger partial charge in [-0.25, -0.2) is 13.6 Å². The molecule has 2 amide bonds. The Hall–Kier alpha value is -1.77. The molecule has 1 aliphatic heterocycles. The Morgan fingerprint density at radius 1 is 1.29 bits per heavy atom. The van der Waals surface area contributed by atoms with Gasteiger partial charge in [0.2, 0.25) is 0 Å². The number of benzene rings is 1. The van der Waals surface area contributed by atoms with Crippen molar-refractivity contribution in [2.24, 2.45) is 11.3 Å². The highest BCUT2D eigenvalue weighted by Gasteiger charge is 2.43. The number of carbonyl (C=O) groups excluding carboxylic acids is 1. The molecule has 0 bridgehead atoms. The van der Waals surface area contributed by atoms with Crippen LogP contribution in [0.3, 0.4) is 0 Å². The predicted molar refractivity (Wildman–Crippen MR) is 131 cm³/mol. The molecule has 0 radical (unpaired) electrons. The zero-order valence-electron chi connectivity index (χ0n) is 21.4. The number of likely N-dealkylation sites (N-methyl/N-ethyl adjacent to an activating group) is 1. The number of aliphatic hydroxyl groups is 1. The molecule has 1 aliphatic rings. The van der Waals surface area contributed by atoms with Gasteiger partial charge in [-0.3, -0.25) is 0 Å². The van der Waals surface area contributed by atoms with Crippen LogP contribution in [0.4, 0.5) is 13.6 Å². The maximum atomic E-state index is 14.8. The van der Waals surface area contributed by atoms with Gasteiger partial charge in [-0.2, -0.15) is 0 Å². The number of nitrogens with zero attached hydrogens (tertiary/aromatic N) is 1. The number of ether oxygens (including phenoxy) is 1. The molecule has 0 aromatic heterocycles. The first kappa shape index (κ1) is 28.5. The molecule has 1 fully saturated rings. The molecule has 2 rings (SSSR count). The van der Waals surface area contributed by atoms with Crippen LogP contribution in [0.25, 0.3) is 0 Å². The van der Waals surface area contributed by atoms with Gasteiger partial charge < -0.3 is 25.4 Å². The van der Waals surface area contributed by atoms with Crippen molar-refractivity contribution in [2.45, 2.75) is 70.9 Å². The predicted octanol–water partition coefficient (Wildman–Crippen LogP) is 4.41. The number of methoxy groups -OCH3 is 1. The number of amides is 2. The molecular formula is C26H43F2N3O3. The number of hydrogen-bond acceptors (Lipinski definition) is 4. The van der Waals surface area contributed by atoms with Crippen LogP contribution in [-0.2, 0) is 10.3 Å². The van der Waals surface area contributed by atoms with Crippen molar-refractivity contribution in [3.05, 3.63) is 35.4 Å². The van der Waals surface area contributed by atoms with Crippen molar-refractivity contribution in [3.63, 3.8) is 0 Å². The molecule has 3 atom stereocenters. The van der Waals surface area contributed by atoms with Gasteiger partial charge >= 0.3 is 6.03 Å². The molecule has 0 spiro atoms. The summed E-state index contributed by atoms with van der Waals surface area (Å²) in [4.78, 5) is 14.9. The molecule has 0 aliphatic carbocycles. The van der Waals surface area contributed by atoms with E-state index in [4.69, 9.17) is 4.74 Å². The number of halogens is 2. The molecule has 0 unspecified atom stereocenters. The Kier molecular flexibility index (Phi) is 10.7. The third-order valence-electron chi connectivity index (χ3n) is 6.60. The number of nitrogens with one attached hydrogen (secondary N) is 2. The first-order valence-corrected chi connectivity index (χ1v) is 12.4. The molecule has 34 heavy (non-hydrogen) atoms. The van der Waals surface area contributed by atoms with E-state index in [1.165, 1.54) is 12.1 Å². The molecule has 3 N–H and O–H groups in total. The molecular weight excluding hydrogens is 440 g/mol. The third-order valence-corrected chi connectivity index (χ3v) is 6.60. The number of rotatable bonds is 11. The smallest absolute Gasteiger partial charge is 0.317 e. The lowest BCUT2D eigenvalue weighted by molar-refractivity contribution is -0.0591. The van der Waals surface area contributed by atoms with Crippen molar-refractivity contribution in [3.8, 4) is 0 Å². The highest BCUT2D eigenvalue weighted by molar-refractivity contribution is 5.74. The zero-order valence-corrected chi connectivity index (χ0v) is 21.4. The summed E-state index contributed by atoms with van der Waals surface area (Å²) in [6, 6.07) is 3.72. The SMILES string of the molecule is CNC[C@H](CC(C)(C)C)NC(=O)N1CCC[C@@H]([C@@](O)(CCCCOC)c2cccc(F)c2F)C1. The average Bonchev–Trinajstić information content (AvgIpc) is 2.77. The standard InChI is InChI=1S/C26H43F2N3O3/c1-25(2,3)16-20(17-29-4)30-24(32)31-14-9-10-19(18-31)26(33,13-6-7-15-34-5)21-11-8-12-22(27)23(21)28/h8,11-12,19-20,29,33H,6-7,9-10,13-18H2,1-5H3,(H,30,32)/t19-,20+,26+/m1/s1. The fourth-order valence-electron chi connectivity index (χ4n) is 5.01. The van der Waals surface area contributed by atoms with Crippen LogP contribution >= 0.6 is 0 Å². The minimum Gasteiger partial charge on any atom is -0.385 e. The first-order chi connectivity index (χ1) is 16.0. The summed E-state index contributed by atoms with van der Waals surface area (Å²) >= 11 is 0. The molecule has 8 heteroatoms.